The van der Waals surface area contributed by atoms with E-state index in [1.54, 1.807) is 0 Å². The van der Waals surface area contributed by atoms with Gasteiger partial charge in [0.15, 0.2) is 0 Å². The third kappa shape index (κ3) is 3.03. The van der Waals surface area contributed by atoms with E-state index in [-0.39, 0.29) is 11.2 Å². The Kier molecular flexibility index (Phi) is 3.89. The van der Waals surface area contributed by atoms with E-state index < -0.39 is 0 Å². The number of aromatic nitrogens is 2. The second-order valence-corrected chi connectivity index (χ2v) is 4.53. The van der Waals surface area contributed by atoms with Crippen molar-refractivity contribution < 1.29 is 4.74 Å². The number of ether oxygens (including phenoxy) is 1. The molecule has 0 saturated carbocycles. The summed E-state index contributed by atoms with van der Waals surface area (Å²) in [5.74, 6) is 0.880. The van der Waals surface area contributed by atoms with Crippen molar-refractivity contribution in [3.63, 3.8) is 0 Å². The molecule has 0 saturated heterocycles. The summed E-state index contributed by atoms with van der Waals surface area (Å²) in [6, 6.07) is 7.56. The average molecular weight is 284 g/mol. The average Bonchev–Trinajstić information content (AvgIpc) is 2.34. The molecule has 0 atom stereocenters. The van der Waals surface area contributed by atoms with Crippen LogP contribution >= 0.6 is 23.2 Å². The zero-order valence-corrected chi connectivity index (χ0v) is 11.4. The molecule has 0 fully saturated rings. The Hall–Kier alpha value is -1.52. The molecule has 1 aromatic heterocycles. The van der Waals surface area contributed by atoms with Crippen LogP contribution in [0, 0.1) is 0 Å². The number of hydrogen-bond acceptors (Lipinski definition) is 4. The number of anilines is 1. The standard InChI is InChI=1S/C12H11Cl2N3O/c1-17(2)8-4-3-5-9(6-8)18-11-10(13)7-15-12(14)16-11/h3-7H,1-2H3. The molecular formula is C12H11Cl2N3O. The fourth-order valence-corrected chi connectivity index (χ4v) is 1.59. The summed E-state index contributed by atoms with van der Waals surface area (Å²) in [5, 5.41) is 0.410. The minimum Gasteiger partial charge on any atom is -0.437 e. The number of hydrogen-bond donors (Lipinski definition) is 0. The van der Waals surface area contributed by atoms with Crippen LogP contribution in [0.15, 0.2) is 30.5 Å². The molecule has 1 aromatic carbocycles. The van der Waals surface area contributed by atoms with Gasteiger partial charge in [-0.2, -0.15) is 4.98 Å². The molecule has 0 aliphatic heterocycles. The number of nitrogens with zero attached hydrogens (tertiary/aromatic N) is 3. The van der Waals surface area contributed by atoms with Crippen LogP contribution in [-0.4, -0.2) is 24.1 Å². The van der Waals surface area contributed by atoms with Crippen molar-refractivity contribution in [3.8, 4) is 11.6 Å². The lowest BCUT2D eigenvalue weighted by atomic mass is 10.3. The molecule has 0 aliphatic carbocycles. The summed E-state index contributed by atoms with van der Waals surface area (Å²) >= 11 is 11.6. The van der Waals surface area contributed by atoms with Gasteiger partial charge in [-0.1, -0.05) is 17.7 Å². The van der Waals surface area contributed by atoms with E-state index >= 15 is 0 Å². The van der Waals surface area contributed by atoms with E-state index in [0.29, 0.717) is 10.8 Å². The molecule has 94 valence electrons. The Balaban J connectivity index is 2.28. The van der Waals surface area contributed by atoms with Gasteiger partial charge in [-0.25, -0.2) is 4.98 Å². The summed E-state index contributed by atoms with van der Waals surface area (Å²) < 4.78 is 5.59. The van der Waals surface area contributed by atoms with Crippen LogP contribution in [0.5, 0.6) is 11.6 Å². The highest BCUT2D eigenvalue weighted by Crippen LogP contribution is 2.29. The third-order valence-electron chi connectivity index (χ3n) is 2.23. The lowest BCUT2D eigenvalue weighted by Gasteiger charge is -2.13. The van der Waals surface area contributed by atoms with Crippen molar-refractivity contribution in [2.24, 2.45) is 0 Å². The first kappa shape index (κ1) is 12.9. The van der Waals surface area contributed by atoms with Gasteiger partial charge in [0.2, 0.25) is 11.2 Å². The van der Waals surface area contributed by atoms with Gasteiger partial charge in [-0.15, -0.1) is 0 Å². The molecule has 0 radical (unpaired) electrons. The van der Waals surface area contributed by atoms with E-state index in [1.165, 1.54) is 6.20 Å². The van der Waals surface area contributed by atoms with Crippen molar-refractivity contribution in [2.45, 2.75) is 0 Å². The summed E-state index contributed by atoms with van der Waals surface area (Å²) in [6.45, 7) is 0. The fourth-order valence-electron chi connectivity index (χ4n) is 1.34. The maximum Gasteiger partial charge on any atom is 0.242 e. The van der Waals surface area contributed by atoms with E-state index in [2.05, 4.69) is 9.97 Å². The molecule has 4 nitrogen and oxygen atoms in total. The molecule has 2 rings (SSSR count). The first-order valence-electron chi connectivity index (χ1n) is 5.19. The smallest absolute Gasteiger partial charge is 0.242 e. The Morgan fingerprint density at radius 2 is 2.00 bits per heavy atom. The Morgan fingerprint density at radius 1 is 1.22 bits per heavy atom. The highest BCUT2D eigenvalue weighted by Gasteiger charge is 2.07. The molecular weight excluding hydrogens is 273 g/mol. The van der Waals surface area contributed by atoms with Gasteiger partial charge < -0.3 is 9.64 Å². The highest BCUT2D eigenvalue weighted by molar-refractivity contribution is 6.32. The molecule has 6 heteroatoms. The fraction of sp³-hybridized carbons (Fsp3) is 0.167. The summed E-state index contributed by atoms with van der Waals surface area (Å²) in [6.07, 6.45) is 1.40. The van der Waals surface area contributed by atoms with Crippen LogP contribution < -0.4 is 9.64 Å². The minimum atomic E-state index is 0.0955. The van der Waals surface area contributed by atoms with E-state index in [1.807, 2.05) is 43.3 Å². The molecule has 18 heavy (non-hydrogen) atoms. The molecule has 0 amide bonds. The van der Waals surface area contributed by atoms with Crippen molar-refractivity contribution in [3.05, 3.63) is 40.8 Å². The van der Waals surface area contributed by atoms with Crippen molar-refractivity contribution >= 4 is 28.9 Å². The van der Waals surface area contributed by atoms with Gasteiger partial charge in [0, 0.05) is 25.8 Å². The first-order valence-corrected chi connectivity index (χ1v) is 5.95. The summed E-state index contributed by atoms with van der Waals surface area (Å²) in [4.78, 5) is 9.66. The summed E-state index contributed by atoms with van der Waals surface area (Å²) in [5.41, 5.74) is 1.02. The molecule has 0 bridgehead atoms. The third-order valence-corrected chi connectivity index (χ3v) is 2.67. The van der Waals surface area contributed by atoms with E-state index in [9.17, 15) is 0 Å². The zero-order valence-electron chi connectivity index (χ0n) is 9.89. The lowest BCUT2D eigenvalue weighted by molar-refractivity contribution is 0.462. The van der Waals surface area contributed by atoms with Gasteiger partial charge in [-0.3, -0.25) is 0 Å². The molecule has 1 heterocycles. The maximum absolute atomic E-state index is 5.93. The minimum absolute atomic E-state index is 0.0955. The summed E-state index contributed by atoms with van der Waals surface area (Å²) in [7, 11) is 3.90. The number of rotatable bonds is 3. The van der Waals surface area contributed by atoms with Crippen LogP contribution in [-0.2, 0) is 0 Å². The van der Waals surface area contributed by atoms with Gasteiger partial charge in [0.25, 0.3) is 0 Å². The van der Waals surface area contributed by atoms with Gasteiger partial charge >= 0.3 is 0 Å². The van der Waals surface area contributed by atoms with Crippen LogP contribution in [0.2, 0.25) is 10.3 Å². The quantitative estimate of drug-likeness (QED) is 0.806. The normalized spacial score (nSPS) is 10.2. The van der Waals surface area contributed by atoms with Crippen molar-refractivity contribution in [1.29, 1.82) is 0 Å². The first-order chi connectivity index (χ1) is 8.56. The van der Waals surface area contributed by atoms with Gasteiger partial charge in [0.1, 0.15) is 10.8 Å². The molecule has 0 aliphatic rings. The van der Waals surface area contributed by atoms with Crippen molar-refractivity contribution in [2.75, 3.05) is 19.0 Å². The molecule has 0 N–H and O–H groups in total. The van der Waals surface area contributed by atoms with Gasteiger partial charge in [-0.05, 0) is 23.7 Å². The largest absolute Gasteiger partial charge is 0.437 e. The molecule has 0 unspecified atom stereocenters. The van der Waals surface area contributed by atoms with E-state index in [4.69, 9.17) is 27.9 Å². The van der Waals surface area contributed by atoms with Crippen LogP contribution in [0.4, 0.5) is 5.69 Å². The lowest BCUT2D eigenvalue weighted by Crippen LogP contribution is -2.08. The van der Waals surface area contributed by atoms with Crippen LogP contribution in [0.25, 0.3) is 0 Å². The van der Waals surface area contributed by atoms with Crippen molar-refractivity contribution in [1.82, 2.24) is 9.97 Å². The van der Waals surface area contributed by atoms with Crippen LogP contribution in [0.3, 0.4) is 0 Å². The van der Waals surface area contributed by atoms with Gasteiger partial charge in [0.05, 0.1) is 6.20 Å². The topological polar surface area (TPSA) is 38.2 Å². The maximum atomic E-state index is 5.93. The molecule has 2 aromatic rings. The highest BCUT2D eigenvalue weighted by atomic mass is 35.5. The Morgan fingerprint density at radius 3 is 2.72 bits per heavy atom. The van der Waals surface area contributed by atoms with Crippen LogP contribution in [0.1, 0.15) is 0 Å². The second-order valence-electron chi connectivity index (χ2n) is 3.79. The second kappa shape index (κ2) is 5.42. The number of benzene rings is 1. The number of halogens is 2. The predicted octanol–water partition coefficient (Wildman–Crippen LogP) is 3.64. The molecule has 0 spiro atoms. The monoisotopic (exact) mass is 283 g/mol. The Labute approximate surface area is 115 Å². The SMILES string of the molecule is CN(C)c1cccc(Oc2nc(Cl)ncc2Cl)c1. The van der Waals surface area contributed by atoms with E-state index in [0.717, 1.165) is 5.69 Å². The zero-order chi connectivity index (χ0) is 13.1. The Bertz CT molecular complexity index is 561. The predicted molar refractivity (Wildman–Crippen MR) is 72.9 cm³/mol.